The number of hydrogen-bond acceptors (Lipinski definition) is 5. The van der Waals surface area contributed by atoms with Crippen molar-refractivity contribution in [3.8, 4) is 6.07 Å². The Balaban J connectivity index is 2.11. The van der Waals surface area contributed by atoms with E-state index < -0.39 is 29.9 Å². The Labute approximate surface area is 142 Å². The second-order valence-corrected chi connectivity index (χ2v) is 4.89. The summed E-state index contributed by atoms with van der Waals surface area (Å²) in [6, 6.07) is 10.1. The van der Waals surface area contributed by atoms with Crippen molar-refractivity contribution in [3.05, 3.63) is 64.3 Å². The number of aromatic nitrogens is 1. The summed E-state index contributed by atoms with van der Waals surface area (Å²) in [5.74, 6) is -2.32. The number of amides is 1. The molecule has 7 nitrogen and oxygen atoms in total. The quantitative estimate of drug-likeness (QED) is 0.803. The van der Waals surface area contributed by atoms with E-state index in [0.29, 0.717) is 0 Å². The van der Waals surface area contributed by atoms with Crippen molar-refractivity contribution >= 4 is 17.6 Å². The third-order valence-corrected chi connectivity index (χ3v) is 3.26. The number of H-pyrrole nitrogens is 1. The minimum Gasteiger partial charge on any atom is -0.452 e. The van der Waals surface area contributed by atoms with Gasteiger partial charge in [0, 0.05) is 12.7 Å². The zero-order chi connectivity index (χ0) is 18.2. The molecule has 0 aliphatic heterocycles. The topological polar surface area (TPSA) is 103 Å². The summed E-state index contributed by atoms with van der Waals surface area (Å²) >= 11 is 0. The first kappa shape index (κ1) is 17.9. The van der Waals surface area contributed by atoms with E-state index in [0.717, 1.165) is 4.90 Å². The molecule has 1 aromatic heterocycles. The molecule has 0 saturated heterocycles. The van der Waals surface area contributed by atoms with Gasteiger partial charge in [0.05, 0.1) is 18.2 Å². The average Bonchev–Trinajstić information content (AvgIpc) is 2.61. The van der Waals surface area contributed by atoms with Crippen molar-refractivity contribution in [2.24, 2.45) is 0 Å². The smallest absolute Gasteiger partial charge is 0.344 e. The number of anilines is 1. The summed E-state index contributed by atoms with van der Waals surface area (Å²) in [6.45, 7) is -0.743. The van der Waals surface area contributed by atoms with Crippen LogP contribution in [0.5, 0.6) is 0 Å². The maximum atomic E-state index is 13.9. The van der Waals surface area contributed by atoms with E-state index in [-0.39, 0.29) is 24.2 Å². The molecule has 25 heavy (non-hydrogen) atoms. The van der Waals surface area contributed by atoms with Crippen molar-refractivity contribution in [2.45, 2.75) is 6.42 Å². The highest BCUT2D eigenvalue weighted by atomic mass is 19.1. The van der Waals surface area contributed by atoms with E-state index in [1.165, 1.54) is 36.5 Å². The van der Waals surface area contributed by atoms with Crippen LogP contribution in [0, 0.1) is 17.1 Å². The molecule has 0 saturated carbocycles. The number of nitrogens with zero attached hydrogens (tertiary/aromatic N) is 2. The van der Waals surface area contributed by atoms with Crippen LogP contribution in [-0.2, 0) is 9.53 Å². The number of halogens is 1. The molecule has 8 heteroatoms. The number of carbonyl (C=O) groups is 2. The number of benzene rings is 1. The first-order valence-electron chi connectivity index (χ1n) is 7.31. The number of pyridine rings is 1. The lowest BCUT2D eigenvalue weighted by Crippen LogP contribution is -2.36. The highest BCUT2D eigenvalue weighted by Gasteiger charge is 2.21. The zero-order valence-corrected chi connectivity index (χ0v) is 13.1. The fraction of sp³-hybridized carbons (Fsp3) is 0.176. The van der Waals surface area contributed by atoms with Gasteiger partial charge in [-0.05, 0) is 24.3 Å². The molecule has 1 N–H and O–H groups in total. The number of esters is 1. The van der Waals surface area contributed by atoms with Gasteiger partial charge in [0.15, 0.2) is 6.61 Å². The van der Waals surface area contributed by atoms with E-state index >= 15 is 0 Å². The Morgan fingerprint density at radius 1 is 1.24 bits per heavy atom. The predicted molar refractivity (Wildman–Crippen MR) is 86.3 cm³/mol. The number of rotatable bonds is 6. The monoisotopic (exact) mass is 343 g/mol. The second-order valence-electron chi connectivity index (χ2n) is 4.89. The molecule has 0 radical (unpaired) electrons. The van der Waals surface area contributed by atoms with Crippen LogP contribution >= 0.6 is 0 Å². The molecule has 0 aliphatic carbocycles. The van der Waals surface area contributed by atoms with Gasteiger partial charge in [-0.3, -0.25) is 9.59 Å². The molecule has 0 fully saturated rings. The second kappa shape index (κ2) is 8.40. The molecule has 1 heterocycles. The van der Waals surface area contributed by atoms with Crippen LogP contribution in [-0.4, -0.2) is 30.0 Å². The number of nitriles is 1. The molecular formula is C17H14FN3O4. The summed E-state index contributed by atoms with van der Waals surface area (Å²) < 4.78 is 18.8. The molecule has 0 atom stereocenters. The maximum Gasteiger partial charge on any atom is 0.344 e. The van der Waals surface area contributed by atoms with Gasteiger partial charge in [0.25, 0.3) is 11.5 Å². The Morgan fingerprint density at radius 2 is 2.00 bits per heavy atom. The van der Waals surface area contributed by atoms with Gasteiger partial charge in [0.1, 0.15) is 11.4 Å². The molecule has 0 spiro atoms. The number of carbonyl (C=O) groups excluding carboxylic acids is 2. The van der Waals surface area contributed by atoms with Crippen LogP contribution in [0.25, 0.3) is 0 Å². The molecule has 2 aromatic rings. The first-order chi connectivity index (χ1) is 12.0. The van der Waals surface area contributed by atoms with Crippen LogP contribution < -0.4 is 10.5 Å². The van der Waals surface area contributed by atoms with E-state index in [4.69, 9.17) is 10.00 Å². The Morgan fingerprint density at radius 3 is 2.68 bits per heavy atom. The van der Waals surface area contributed by atoms with Crippen molar-refractivity contribution in [1.29, 1.82) is 5.26 Å². The van der Waals surface area contributed by atoms with Crippen molar-refractivity contribution in [3.63, 3.8) is 0 Å². The van der Waals surface area contributed by atoms with Gasteiger partial charge in [-0.1, -0.05) is 12.1 Å². The summed E-state index contributed by atoms with van der Waals surface area (Å²) in [6.07, 6.45) is 1.33. The summed E-state index contributed by atoms with van der Waals surface area (Å²) in [5.41, 5.74) is -0.906. The van der Waals surface area contributed by atoms with Gasteiger partial charge in [-0.15, -0.1) is 0 Å². The number of hydrogen-bond donors (Lipinski definition) is 1. The molecular weight excluding hydrogens is 329 g/mol. The first-order valence-corrected chi connectivity index (χ1v) is 7.31. The standard InChI is InChI=1S/C17H14FN3O4/c18-13-6-1-2-7-14(13)21(10-4-8-19)15(22)11-25-17(24)12-5-3-9-20-16(12)23/h1-3,5-7,9H,4,10-11H2,(H,20,23). The van der Waals surface area contributed by atoms with E-state index in [2.05, 4.69) is 4.98 Å². The summed E-state index contributed by atoms with van der Waals surface area (Å²) in [5, 5.41) is 8.71. The minimum atomic E-state index is -0.969. The largest absolute Gasteiger partial charge is 0.452 e. The van der Waals surface area contributed by atoms with Crippen LogP contribution in [0.3, 0.4) is 0 Å². The summed E-state index contributed by atoms with van der Waals surface area (Å²) in [4.78, 5) is 39.0. The SMILES string of the molecule is N#CCCN(C(=O)COC(=O)c1ccc[nH]c1=O)c1ccccc1F. The van der Waals surface area contributed by atoms with Crippen LogP contribution in [0.15, 0.2) is 47.4 Å². The highest BCUT2D eigenvalue weighted by molar-refractivity contribution is 5.97. The van der Waals surface area contributed by atoms with Crippen LogP contribution in [0.1, 0.15) is 16.8 Å². The lowest BCUT2D eigenvalue weighted by atomic mass is 10.2. The zero-order valence-electron chi connectivity index (χ0n) is 13.1. The molecule has 0 bridgehead atoms. The third-order valence-electron chi connectivity index (χ3n) is 3.26. The Bertz CT molecular complexity index is 872. The van der Waals surface area contributed by atoms with Crippen molar-refractivity contribution < 1.29 is 18.7 Å². The number of para-hydroxylation sites is 1. The van der Waals surface area contributed by atoms with E-state index in [9.17, 15) is 18.8 Å². The highest BCUT2D eigenvalue weighted by Crippen LogP contribution is 2.19. The normalized spacial score (nSPS) is 9.92. The number of nitrogens with one attached hydrogen (secondary N) is 1. The number of aromatic amines is 1. The van der Waals surface area contributed by atoms with Crippen molar-refractivity contribution in [1.82, 2.24) is 4.98 Å². The molecule has 0 aliphatic rings. The van der Waals surface area contributed by atoms with Gasteiger partial charge < -0.3 is 14.6 Å². The molecule has 1 aromatic carbocycles. The predicted octanol–water partition coefficient (Wildman–Crippen LogP) is 1.62. The average molecular weight is 343 g/mol. The molecule has 0 unspecified atom stereocenters. The lowest BCUT2D eigenvalue weighted by Gasteiger charge is -2.22. The Hall–Kier alpha value is -3.47. The van der Waals surface area contributed by atoms with Crippen molar-refractivity contribution in [2.75, 3.05) is 18.1 Å². The third kappa shape index (κ3) is 4.51. The lowest BCUT2D eigenvalue weighted by molar-refractivity contribution is -0.121. The van der Waals surface area contributed by atoms with E-state index in [1.807, 2.05) is 6.07 Å². The van der Waals surface area contributed by atoms with Crippen LogP contribution in [0.4, 0.5) is 10.1 Å². The van der Waals surface area contributed by atoms with Crippen LogP contribution in [0.2, 0.25) is 0 Å². The Kier molecular flexibility index (Phi) is 6.01. The minimum absolute atomic E-state index is 0.0173. The molecule has 2 rings (SSSR count). The van der Waals surface area contributed by atoms with Gasteiger partial charge in [-0.2, -0.15) is 5.26 Å². The van der Waals surface area contributed by atoms with Gasteiger partial charge in [-0.25, -0.2) is 9.18 Å². The fourth-order valence-electron chi connectivity index (χ4n) is 2.08. The van der Waals surface area contributed by atoms with E-state index in [1.54, 1.807) is 6.07 Å². The van der Waals surface area contributed by atoms with Gasteiger partial charge in [0.2, 0.25) is 0 Å². The van der Waals surface area contributed by atoms with Gasteiger partial charge >= 0.3 is 5.97 Å². The maximum absolute atomic E-state index is 13.9. The fourth-order valence-corrected chi connectivity index (χ4v) is 2.08. The number of ether oxygens (including phenoxy) is 1. The molecule has 1 amide bonds. The summed E-state index contributed by atoms with van der Waals surface area (Å²) in [7, 11) is 0. The molecule has 128 valence electrons.